The van der Waals surface area contributed by atoms with Crippen LogP contribution in [0.1, 0.15) is 21.5 Å². The third kappa shape index (κ3) is 3.12. The molecule has 0 aliphatic rings. The Morgan fingerprint density at radius 2 is 1.86 bits per heavy atom. The Labute approximate surface area is 130 Å². The summed E-state index contributed by atoms with van der Waals surface area (Å²) in [6.45, 7) is 2.34. The van der Waals surface area contributed by atoms with Crippen molar-refractivity contribution < 1.29 is 19.4 Å². The maximum absolute atomic E-state index is 12.1. The van der Waals surface area contributed by atoms with Gasteiger partial charge in [-0.2, -0.15) is 0 Å². The molecule has 22 heavy (non-hydrogen) atoms. The number of rotatable bonds is 5. The number of hydrogen-bond acceptors (Lipinski definition) is 4. The van der Waals surface area contributed by atoms with Gasteiger partial charge in [-0.05, 0) is 36.1 Å². The molecule has 0 fully saturated rings. The van der Waals surface area contributed by atoms with Gasteiger partial charge in [0, 0.05) is 12.7 Å². The zero-order chi connectivity index (χ0) is 16.1. The Kier molecular flexibility index (Phi) is 5.17. The monoisotopic (exact) mass is 300 g/mol. The van der Waals surface area contributed by atoms with E-state index in [2.05, 4.69) is 0 Å². The first-order valence-electron chi connectivity index (χ1n) is 7.08. The van der Waals surface area contributed by atoms with E-state index in [9.17, 15) is 9.90 Å². The number of hydrogen-bond donors (Lipinski definition) is 1. The molecule has 4 nitrogen and oxygen atoms in total. The van der Waals surface area contributed by atoms with Crippen molar-refractivity contribution in [1.82, 2.24) is 0 Å². The van der Waals surface area contributed by atoms with Crippen LogP contribution in [-0.2, 0) is 15.9 Å². The molecule has 0 unspecified atom stereocenters. The van der Waals surface area contributed by atoms with Gasteiger partial charge in [0.15, 0.2) is 0 Å². The molecule has 0 heterocycles. The molecule has 116 valence electrons. The molecular formula is C18H20O4. The number of ether oxygens (including phenoxy) is 2. The number of carbonyl (C=O) groups is 1. The van der Waals surface area contributed by atoms with Gasteiger partial charge in [-0.25, -0.2) is 4.79 Å². The van der Waals surface area contributed by atoms with Crippen molar-refractivity contribution in [2.45, 2.75) is 13.3 Å². The van der Waals surface area contributed by atoms with E-state index in [1.807, 2.05) is 36.4 Å². The normalized spacial score (nSPS) is 10.5. The summed E-state index contributed by atoms with van der Waals surface area (Å²) < 4.78 is 9.94. The largest absolute Gasteiger partial charge is 0.507 e. The van der Waals surface area contributed by atoms with Crippen molar-refractivity contribution in [1.29, 1.82) is 0 Å². The molecule has 0 bridgehead atoms. The van der Waals surface area contributed by atoms with Crippen LogP contribution in [0.25, 0.3) is 11.1 Å². The lowest BCUT2D eigenvalue weighted by molar-refractivity contribution is 0.0598. The first-order chi connectivity index (χ1) is 10.6. The van der Waals surface area contributed by atoms with Gasteiger partial charge in [0.25, 0.3) is 0 Å². The summed E-state index contributed by atoms with van der Waals surface area (Å²) in [7, 11) is 2.95. The average Bonchev–Trinajstić information content (AvgIpc) is 2.56. The Morgan fingerprint density at radius 3 is 2.45 bits per heavy atom. The molecule has 0 saturated carbocycles. The van der Waals surface area contributed by atoms with Crippen LogP contribution >= 0.6 is 0 Å². The molecule has 2 rings (SSSR count). The molecule has 4 heteroatoms. The van der Waals surface area contributed by atoms with Gasteiger partial charge >= 0.3 is 5.97 Å². The molecule has 0 aliphatic heterocycles. The van der Waals surface area contributed by atoms with E-state index in [4.69, 9.17) is 9.47 Å². The zero-order valence-electron chi connectivity index (χ0n) is 13.1. The van der Waals surface area contributed by atoms with Crippen molar-refractivity contribution >= 4 is 5.97 Å². The smallest absolute Gasteiger partial charge is 0.342 e. The van der Waals surface area contributed by atoms with Crippen LogP contribution in [0.2, 0.25) is 0 Å². The fourth-order valence-electron chi connectivity index (χ4n) is 2.45. The summed E-state index contributed by atoms with van der Waals surface area (Å²) >= 11 is 0. The highest BCUT2D eigenvalue weighted by Gasteiger charge is 2.22. The van der Waals surface area contributed by atoms with Crippen molar-refractivity contribution in [3.63, 3.8) is 0 Å². The van der Waals surface area contributed by atoms with Crippen LogP contribution in [-0.4, -0.2) is 31.9 Å². The van der Waals surface area contributed by atoms with Gasteiger partial charge < -0.3 is 14.6 Å². The minimum absolute atomic E-state index is 0.0284. The van der Waals surface area contributed by atoms with Gasteiger partial charge in [0.1, 0.15) is 11.3 Å². The van der Waals surface area contributed by atoms with E-state index >= 15 is 0 Å². The molecule has 0 spiro atoms. The lowest BCUT2D eigenvalue weighted by Crippen LogP contribution is -2.08. The molecular weight excluding hydrogens is 280 g/mol. The number of benzene rings is 2. The third-order valence-electron chi connectivity index (χ3n) is 3.71. The van der Waals surface area contributed by atoms with E-state index < -0.39 is 5.97 Å². The van der Waals surface area contributed by atoms with Crippen LogP contribution in [0.15, 0.2) is 36.4 Å². The lowest BCUT2D eigenvalue weighted by Gasteiger charge is -2.16. The summed E-state index contributed by atoms with van der Waals surface area (Å²) in [4.78, 5) is 12.1. The van der Waals surface area contributed by atoms with Gasteiger partial charge in [-0.3, -0.25) is 0 Å². The maximum atomic E-state index is 12.1. The highest BCUT2D eigenvalue weighted by atomic mass is 16.5. The molecule has 0 amide bonds. The van der Waals surface area contributed by atoms with Gasteiger partial charge in [0.2, 0.25) is 0 Å². The fraction of sp³-hybridized carbons (Fsp3) is 0.278. The third-order valence-corrected chi connectivity index (χ3v) is 3.71. The van der Waals surface area contributed by atoms with Crippen molar-refractivity contribution in [3.8, 4) is 16.9 Å². The second-order valence-electron chi connectivity index (χ2n) is 5.03. The van der Waals surface area contributed by atoms with Gasteiger partial charge in [-0.1, -0.05) is 30.3 Å². The zero-order valence-corrected chi connectivity index (χ0v) is 13.1. The van der Waals surface area contributed by atoms with Crippen LogP contribution < -0.4 is 0 Å². The molecule has 2 aromatic rings. The topological polar surface area (TPSA) is 55.8 Å². The van der Waals surface area contributed by atoms with E-state index in [0.717, 1.165) is 11.1 Å². The Morgan fingerprint density at radius 1 is 1.18 bits per heavy atom. The van der Waals surface area contributed by atoms with E-state index in [1.54, 1.807) is 14.0 Å². The Bertz CT molecular complexity index is 663. The lowest BCUT2D eigenvalue weighted by atomic mass is 9.92. The number of esters is 1. The highest BCUT2D eigenvalue weighted by molar-refractivity contribution is 6.00. The summed E-state index contributed by atoms with van der Waals surface area (Å²) in [6.07, 6.45) is 0.664. The highest BCUT2D eigenvalue weighted by Crippen LogP contribution is 2.36. The first kappa shape index (κ1) is 16.0. The number of methoxy groups -OCH3 is 2. The first-order valence-corrected chi connectivity index (χ1v) is 7.08. The molecule has 0 radical (unpaired) electrons. The van der Waals surface area contributed by atoms with E-state index in [-0.39, 0.29) is 11.3 Å². The minimum Gasteiger partial charge on any atom is -0.507 e. The molecule has 0 aromatic heterocycles. The molecule has 0 aliphatic carbocycles. The predicted molar refractivity (Wildman–Crippen MR) is 85.2 cm³/mol. The molecule has 0 atom stereocenters. The van der Waals surface area contributed by atoms with Crippen molar-refractivity contribution in [3.05, 3.63) is 53.1 Å². The van der Waals surface area contributed by atoms with Crippen molar-refractivity contribution in [2.24, 2.45) is 0 Å². The van der Waals surface area contributed by atoms with Crippen LogP contribution in [0.3, 0.4) is 0 Å². The van der Waals surface area contributed by atoms with Crippen LogP contribution in [0.4, 0.5) is 0 Å². The van der Waals surface area contributed by atoms with Gasteiger partial charge in [-0.15, -0.1) is 0 Å². The number of carbonyl (C=O) groups excluding carboxylic acids is 1. The Balaban J connectivity index is 2.66. The van der Waals surface area contributed by atoms with Gasteiger partial charge in [0.05, 0.1) is 13.7 Å². The summed E-state index contributed by atoms with van der Waals surface area (Å²) in [5.74, 6) is -0.572. The second kappa shape index (κ2) is 7.09. The van der Waals surface area contributed by atoms with Crippen LogP contribution in [0.5, 0.6) is 5.75 Å². The number of phenolic OH excluding ortho intramolecular Hbond substituents is 1. The number of phenols is 1. The summed E-state index contributed by atoms with van der Waals surface area (Å²) in [5, 5.41) is 10.5. The fourth-order valence-corrected chi connectivity index (χ4v) is 2.45. The molecule has 0 saturated heterocycles. The summed E-state index contributed by atoms with van der Waals surface area (Å²) in [5.41, 5.74) is 3.36. The SMILES string of the molecule is COCCc1cc(-c2ccccc2)c(C(=O)OC)c(O)c1C. The van der Waals surface area contributed by atoms with E-state index in [1.165, 1.54) is 7.11 Å². The standard InChI is InChI=1S/C18H20O4/c1-12-14(9-10-21-2)11-15(13-7-5-4-6-8-13)16(17(12)19)18(20)22-3/h4-8,11,19H,9-10H2,1-3H3. The molecule has 1 N–H and O–H groups in total. The van der Waals surface area contributed by atoms with Crippen LogP contribution in [0, 0.1) is 6.92 Å². The summed E-state index contributed by atoms with van der Waals surface area (Å²) in [6, 6.07) is 11.4. The Hall–Kier alpha value is -2.33. The van der Waals surface area contributed by atoms with Crippen molar-refractivity contribution in [2.75, 3.05) is 20.8 Å². The maximum Gasteiger partial charge on any atom is 0.342 e. The second-order valence-corrected chi connectivity index (χ2v) is 5.03. The molecule has 2 aromatic carbocycles. The van der Waals surface area contributed by atoms with E-state index in [0.29, 0.717) is 24.2 Å². The quantitative estimate of drug-likeness (QED) is 0.860. The number of aromatic hydroxyl groups is 1. The average molecular weight is 300 g/mol. The minimum atomic E-state index is -0.544. The predicted octanol–water partition coefficient (Wildman–Crippen LogP) is 3.34.